The van der Waals surface area contributed by atoms with Crippen molar-refractivity contribution in [2.75, 3.05) is 5.32 Å². The Bertz CT molecular complexity index is 945. The minimum atomic E-state index is -0.333. The molecule has 3 aromatic rings. The zero-order valence-electron chi connectivity index (χ0n) is 17.9. The number of carbonyl (C=O) groups is 1. The summed E-state index contributed by atoms with van der Waals surface area (Å²) in [4.78, 5) is 13.1. The number of anilines is 2. The molecule has 3 N–H and O–H groups in total. The van der Waals surface area contributed by atoms with Gasteiger partial charge in [0.25, 0.3) is 5.91 Å². The van der Waals surface area contributed by atoms with Crippen LogP contribution in [-0.2, 0) is 4.79 Å². The number of benzene rings is 3. The third-order valence-corrected chi connectivity index (χ3v) is 6.42. The molecule has 1 atom stereocenters. The number of amides is 1. The van der Waals surface area contributed by atoms with Crippen LogP contribution in [0.25, 0.3) is 11.1 Å². The van der Waals surface area contributed by atoms with Crippen LogP contribution < -0.4 is 10.8 Å². The van der Waals surface area contributed by atoms with E-state index in [1.807, 2.05) is 60.1 Å². The summed E-state index contributed by atoms with van der Waals surface area (Å²) in [5.74, 6) is -0.333. The number of carbonyl (C=O) groups excluding carboxylic acids is 1. The van der Waals surface area contributed by atoms with Crippen LogP contribution in [-0.4, -0.2) is 16.4 Å². The van der Waals surface area contributed by atoms with E-state index in [0.29, 0.717) is 0 Å². The molecule has 1 unspecified atom stereocenters. The Labute approximate surface area is 189 Å². The van der Waals surface area contributed by atoms with E-state index in [1.54, 1.807) is 0 Å². The second-order valence-corrected chi connectivity index (χ2v) is 8.77. The van der Waals surface area contributed by atoms with E-state index in [1.165, 1.54) is 23.7 Å². The first-order valence-corrected chi connectivity index (χ1v) is 11.7. The number of thioether (sulfide) groups is 1. The van der Waals surface area contributed by atoms with E-state index >= 15 is 0 Å². The molecular formula is C26H30N2O2S. The summed E-state index contributed by atoms with van der Waals surface area (Å²) in [6, 6.07) is 26.6. The summed E-state index contributed by atoms with van der Waals surface area (Å²) < 4.78 is 0. The van der Waals surface area contributed by atoms with E-state index < -0.39 is 0 Å². The molecule has 1 amide bonds. The number of para-hydroxylation sites is 1. The molecule has 0 bridgehead atoms. The predicted octanol–water partition coefficient (Wildman–Crippen LogP) is 7.03. The monoisotopic (exact) mass is 434 g/mol. The maximum absolute atomic E-state index is 12.1. The molecule has 3 aromatic carbocycles. The van der Waals surface area contributed by atoms with Crippen molar-refractivity contribution in [2.45, 2.75) is 49.2 Å². The highest BCUT2D eigenvalue weighted by molar-refractivity contribution is 8.00. The van der Waals surface area contributed by atoms with Crippen molar-refractivity contribution in [1.82, 2.24) is 5.48 Å². The van der Waals surface area contributed by atoms with E-state index in [-0.39, 0.29) is 11.2 Å². The van der Waals surface area contributed by atoms with Crippen LogP contribution in [0.15, 0.2) is 83.8 Å². The molecule has 0 aliphatic rings. The summed E-state index contributed by atoms with van der Waals surface area (Å²) in [5.41, 5.74) is 6.16. The smallest absolute Gasteiger partial charge is 0.256 e. The lowest BCUT2D eigenvalue weighted by molar-refractivity contribution is -0.128. The number of hydrogen-bond donors (Lipinski definition) is 3. The fourth-order valence-corrected chi connectivity index (χ4v) is 4.54. The lowest BCUT2D eigenvalue weighted by Gasteiger charge is -2.15. The molecule has 0 saturated heterocycles. The van der Waals surface area contributed by atoms with Gasteiger partial charge in [-0.2, -0.15) is 0 Å². The third-order valence-electron chi connectivity index (χ3n) is 5.15. The summed E-state index contributed by atoms with van der Waals surface area (Å²) in [7, 11) is 0. The number of hydroxylamine groups is 1. The molecule has 0 fully saturated rings. The Hall–Kier alpha value is -2.76. The fraction of sp³-hybridized carbons (Fsp3) is 0.269. The van der Waals surface area contributed by atoms with Crippen molar-refractivity contribution in [2.24, 2.45) is 0 Å². The summed E-state index contributed by atoms with van der Waals surface area (Å²) in [6.45, 7) is 2.17. The van der Waals surface area contributed by atoms with Gasteiger partial charge in [-0.05, 0) is 42.3 Å². The van der Waals surface area contributed by atoms with Crippen molar-refractivity contribution >= 4 is 29.0 Å². The van der Waals surface area contributed by atoms with Gasteiger partial charge in [0.1, 0.15) is 0 Å². The molecule has 0 aromatic heterocycles. The van der Waals surface area contributed by atoms with E-state index in [0.717, 1.165) is 47.5 Å². The third kappa shape index (κ3) is 6.88. The maximum atomic E-state index is 12.1. The van der Waals surface area contributed by atoms with Gasteiger partial charge < -0.3 is 5.32 Å². The normalized spacial score (nSPS) is 11.7. The van der Waals surface area contributed by atoms with Gasteiger partial charge in [0.2, 0.25) is 0 Å². The predicted molar refractivity (Wildman–Crippen MR) is 130 cm³/mol. The van der Waals surface area contributed by atoms with Crippen LogP contribution in [0.1, 0.15) is 39.0 Å². The lowest BCUT2D eigenvalue weighted by Crippen LogP contribution is -2.30. The highest BCUT2D eigenvalue weighted by Crippen LogP contribution is 2.32. The quantitative estimate of drug-likeness (QED) is 0.131. The highest BCUT2D eigenvalue weighted by atomic mass is 32.2. The zero-order chi connectivity index (χ0) is 21.9. The molecule has 0 saturated carbocycles. The van der Waals surface area contributed by atoms with Crippen LogP contribution in [0.4, 0.5) is 11.4 Å². The lowest BCUT2D eigenvalue weighted by atomic mass is 10.0. The topological polar surface area (TPSA) is 61.4 Å². The van der Waals surface area contributed by atoms with Gasteiger partial charge in [-0.1, -0.05) is 81.1 Å². The fourth-order valence-electron chi connectivity index (χ4n) is 3.47. The van der Waals surface area contributed by atoms with E-state index in [2.05, 4.69) is 36.5 Å². The highest BCUT2D eigenvalue weighted by Gasteiger charge is 2.19. The van der Waals surface area contributed by atoms with Crippen molar-refractivity contribution < 1.29 is 10.0 Å². The van der Waals surface area contributed by atoms with Gasteiger partial charge in [0.15, 0.2) is 0 Å². The van der Waals surface area contributed by atoms with Gasteiger partial charge in [-0.15, -0.1) is 11.8 Å². The summed E-state index contributed by atoms with van der Waals surface area (Å²) in [5, 5.41) is 12.3. The van der Waals surface area contributed by atoms with Gasteiger partial charge in [-0.3, -0.25) is 10.0 Å². The number of hydrogen-bond acceptors (Lipinski definition) is 4. The summed E-state index contributed by atoms with van der Waals surface area (Å²) >= 11 is 1.49. The molecule has 5 heteroatoms. The second-order valence-electron chi connectivity index (χ2n) is 7.49. The van der Waals surface area contributed by atoms with Crippen molar-refractivity contribution in [3.63, 3.8) is 0 Å². The Balaban J connectivity index is 1.67. The first kappa shape index (κ1) is 22.9. The van der Waals surface area contributed by atoms with Crippen LogP contribution >= 0.6 is 11.8 Å². The van der Waals surface area contributed by atoms with Crippen LogP contribution in [0.2, 0.25) is 0 Å². The minimum Gasteiger partial charge on any atom is -0.355 e. The van der Waals surface area contributed by atoms with Crippen molar-refractivity contribution in [3.05, 3.63) is 78.9 Å². The Morgan fingerprint density at radius 3 is 2.32 bits per heavy atom. The Morgan fingerprint density at radius 1 is 0.903 bits per heavy atom. The SMILES string of the molecule is CCCCCCC(Sc1ccc(Nc2ccccc2-c2ccccc2)cc1)C(=O)NO. The van der Waals surface area contributed by atoms with Crippen LogP contribution in [0.5, 0.6) is 0 Å². The Kier molecular flexibility index (Phi) is 9.00. The molecule has 31 heavy (non-hydrogen) atoms. The first-order chi connectivity index (χ1) is 15.2. The van der Waals surface area contributed by atoms with Gasteiger partial charge in [0, 0.05) is 21.8 Å². The standard InChI is InChI=1S/C26H30N2O2S/c1-2-3-4-8-15-25(26(29)28-30)31-22-18-16-21(17-19-22)27-24-14-10-9-13-23(24)20-11-6-5-7-12-20/h5-7,9-14,16-19,25,27,30H,2-4,8,15H2,1H3,(H,28,29). The molecular weight excluding hydrogens is 404 g/mol. The molecule has 0 aliphatic heterocycles. The van der Waals surface area contributed by atoms with Crippen molar-refractivity contribution in [3.8, 4) is 11.1 Å². The maximum Gasteiger partial charge on any atom is 0.256 e. The second kappa shape index (κ2) is 12.2. The number of rotatable bonds is 11. The van der Waals surface area contributed by atoms with Gasteiger partial charge >= 0.3 is 0 Å². The number of unbranched alkanes of at least 4 members (excludes halogenated alkanes) is 3. The Morgan fingerprint density at radius 2 is 1.61 bits per heavy atom. The molecule has 0 heterocycles. The molecule has 0 aliphatic carbocycles. The zero-order valence-corrected chi connectivity index (χ0v) is 18.7. The van der Waals surface area contributed by atoms with Gasteiger partial charge in [-0.25, -0.2) is 5.48 Å². The molecule has 0 spiro atoms. The molecule has 162 valence electrons. The van der Waals surface area contributed by atoms with Crippen LogP contribution in [0, 0.1) is 0 Å². The molecule has 0 radical (unpaired) electrons. The average Bonchev–Trinajstić information content (AvgIpc) is 2.82. The summed E-state index contributed by atoms with van der Waals surface area (Å²) in [6.07, 6.45) is 5.17. The van der Waals surface area contributed by atoms with Crippen LogP contribution in [0.3, 0.4) is 0 Å². The van der Waals surface area contributed by atoms with E-state index in [4.69, 9.17) is 5.21 Å². The van der Waals surface area contributed by atoms with E-state index in [9.17, 15) is 4.79 Å². The first-order valence-electron chi connectivity index (χ1n) is 10.8. The average molecular weight is 435 g/mol. The molecule has 4 nitrogen and oxygen atoms in total. The minimum absolute atomic E-state index is 0.292. The molecule has 3 rings (SSSR count). The largest absolute Gasteiger partial charge is 0.355 e. The number of nitrogens with one attached hydrogen (secondary N) is 2. The van der Waals surface area contributed by atoms with Gasteiger partial charge in [0.05, 0.1) is 5.25 Å². The van der Waals surface area contributed by atoms with Crippen molar-refractivity contribution in [1.29, 1.82) is 0 Å².